The maximum Gasteiger partial charge on any atom is 0.251 e. The first-order valence-corrected chi connectivity index (χ1v) is 10.1. The van der Waals surface area contributed by atoms with E-state index in [0.29, 0.717) is 12.1 Å². The Morgan fingerprint density at radius 1 is 1.03 bits per heavy atom. The van der Waals surface area contributed by atoms with Gasteiger partial charge in [0.2, 0.25) is 0 Å². The Morgan fingerprint density at radius 3 is 2.43 bits per heavy atom. The minimum atomic E-state index is -0.0638. The van der Waals surface area contributed by atoms with Gasteiger partial charge in [-0.25, -0.2) is 4.99 Å². The van der Waals surface area contributed by atoms with Crippen LogP contribution in [0.15, 0.2) is 53.5 Å². The van der Waals surface area contributed by atoms with E-state index in [1.54, 1.807) is 7.05 Å². The minimum Gasteiger partial charge on any atom is -0.357 e. The second kappa shape index (κ2) is 14.0. The summed E-state index contributed by atoms with van der Waals surface area (Å²) in [5, 5.41) is 9.35. The molecule has 0 unspecified atom stereocenters. The fourth-order valence-electron chi connectivity index (χ4n) is 3.05. The molecule has 0 saturated carbocycles. The Labute approximate surface area is 197 Å². The molecule has 2 aromatic carbocycles. The van der Waals surface area contributed by atoms with E-state index < -0.39 is 0 Å². The Balaban J connectivity index is 0.00000450. The van der Waals surface area contributed by atoms with Crippen molar-refractivity contribution in [1.82, 2.24) is 20.9 Å². The first kappa shape index (κ1) is 25.9. The number of nitrogens with zero attached hydrogens (tertiary/aromatic N) is 2. The number of carbonyl (C=O) groups is 1. The van der Waals surface area contributed by atoms with Crippen LogP contribution in [0.25, 0.3) is 0 Å². The maximum atomic E-state index is 11.8. The van der Waals surface area contributed by atoms with Crippen LogP contribution in [0.4, 0.5) is 0 Å². The van der Waals surface area contributed by atoms with Crippen molar-refractivity contribution >= 4 is 35.8 Å². The van der Waals surface area contributed by atoms with Crippen LogP contribution in [0.3, 0.4) is 0 Å². The number of rotatable bonds is 9. The lowest BCUT2D eigenvalue weighted by atomic mass is 10.1. The number of guanidine groups is 1. The SMILES string of the molecule is CCNC(=NCc1ccccc1CN(C)C)NCCc1cccc(C(=O)NC)c1.I. The lowest BCUT2D eigenvalue weighted by molar-refractivity contribution is 0.0963. The van der Waals surface area contributed by atoms with Gasteiger partial charge < -0.3 is 20.9 Å². The van der Waals surface area contributed by atoms with E-state index in [2.05, 4.69) is 66.1 Å². The number of hydrogen-bond acceptors (Lipinski definition) is 3. The van der Waals surface area contributed by atoms with Gasteiger partial charge >= 0.3 is 0 Å². The van der Waals surface area contributed by atoms with E-state index in [-0.39, 0.29) is 29.9 Å². The van der Waals surface area contributed by atoms with Crippen LogP contribution >= 0.6 is 24.0 Å². The molecule has 30 heavy (non-hydrogen) atoms. The van der Waals surface area contributed by atoms with Gasteiger partial charge in [0.05, 0.1) is 6.54 Å². The van der Waals surface area contributed by atoms with Crippen LogP contribution in [0, 0.1) is 0 Å². The lowest BCUT2D eigenvalue weighted by Gasteiger charge is -2.14. The van der Waals surface area contributed by atoms with E-state index in [9.17, 15) is 4.79 Å². The van der Waals surface area contributed by atoms with E-state index in [4.69, 9.17) is 4.99 Å². The van der Waals surface area contributed by atoms with Crippen LogP contribution < -0.4 is 16.0 Å². The zero-order valence-electron chi connectivity index (χ0n) is 18.4. The molecule has 0 aliphatic rings. The van der Waals surface area contributed by atoms with Crippen molar-refractivity contribution in [3.63, 3.8) is 0 Å². The Morgan fingerprint density at radius 2 is 1.77 bits per heavy atom. The van der Waals surface area contributed by atoms with Crippen molar-refractivity contribution in [3.8, 4) is 0 Å². The first-order chi connectivity index (χ1) is 14.0. The third-order valence-corrected chi connectivity index (χ3v) is 4.48. The molecule has 0 heterocycles. The molecule has 3 N–H and O–H groups in total. The average molecular weight is 523 g/mol. The standard InChI is InChI=1S/C23H33N5O.HI/c1-5-25-23(27-16-20-10-6-7-11-21(20)17-28(3)4)26-14-13-18-9-8-12-19(15-18)22(29)24-2;/h6-12,15H,5,13-14,16-17H2,1-4H3,(H,24,29)(H2,25,26,27);1H. The molecule has 0 aromatic heterocycles. The quantitative estimate of drug-likeness (QED) is 0.269. The normalized spacial score (nSPS) is 11.0. The number of carbonyl (C=O) groups excluding carboxylic acids is 1. The molecule has 0 radical (unpaired) electrons. The lowest BCUT2D eigenvalue weighted by Crippen LogP contribution is -2.38. The van der Waals surface area contributed by atoms with Crippen molar-refractivity contribution in [2.45, 2.75) is 26.4 Å². The molecule has 0 saturated heterocycles. The molecule has 0 spiro atoms. The minimum absolute atomic E-state index is 0. The molecule has 7 heteroatoms. The predicted molar refractivity (Wildman–Crippen MR) is 136 cm³/mol. The van der Waals surface area contributed by atoms with E-state index in [0.717, 1.165) is 37.6 Å². The second-order valence-electron chi connectivity index (χ2n) is 7.16. The third-order valence-electron chi connectivity index (χ3n) is 4.48. The number of halogens is 1. The molecule has 164 valence electrons. The zero-order valence-corrected chi connectivity index (χ0v) is 20.7. The number of amides is 1. The highest BCUT2D eigenvalue weighted by Crippen LogP contribution is 2.12. The number of aliphatic imine (C=N–C) groups is 1. The highest BCUT2D eigenvalue weighted by atomic mass is 127. The highest BCUT2D eigenvalue weighted by molar-refractivity contribution is 14.0. The van der Waals surface area contributed by atoms with Crippen molar-refractivity contribution in [3.05, 3.63) is 70.8 Å². The summed E-state index contributed by atoms with van der Waals surface area (Å²) in [5.74, 6) is 0.737. The van der Waals surface area contributed by atoms with Crippen LogP contribution in [-0.2, 0) is 19.5 Å². The van der Waals surface area contributed by atoms with E-state index >= 15 is 0 Å². The molecule has 0 fully saturated rings. The van der Waals surface area contributed by atoms with Crippen LogP contribution in [0.5, 0.6) is 0 Å². The molecule has 2 rings (SSSR count). The van der Waals surface area contributed by atoms with Gasteiger partial charge in [-0.15, -0.1) is 24.0 Å². The average Bonchev–Trinajstić information content (AvgIpc) is 2.72. The summed E-state index contributed by atoms with van der Waals surface area (Å²) < 4.78 is 0. The molecule has 6 nitrogen and oxygen atoms in total. The number of nitrogens with one attached hydrogen (secondary N) is 3. The smallest absolute Gasteiger partial charge is 0.251 e. The molecule has 0 atom stereocenters. The van der Waals surface area contributed by atoms with Crippen molar-refractivity contribution in [1.29, 1.82) is 0 Å². The molecular formula is C23H34IN5O. The van der Waals surface area contributed by atoms with Crippen LogP contribution in [0.2, 0.25) is 0 Å². The number of benzene rings is 2. The van der Waals surface area contributed by atoms with Gasteiger partial charge in [-0.05, 0) is 56.3 Å². The summed E-state index contributed by atoms with van der Waals surface area (Å²) in [6.45, 7) is 5.13. The van der Waals surface area contributed by atoms with Gasteiger partial charge in [0, 0.05) is 32.2 Å². The summed E-state index contributed by atoms with van der Waals surface area (Å²) >= 11 is 0. The van der Waals surface area contributed by atoms with E-state index in [1.807, 2.05) is 24.3 Å². The fourth-order valence-corrected chi connectivity index (χ4v) is 3.05. The van der Waals surface area contributed by atoms with Gasteiger partial charge in [-0.3, -0.25) is 4.79 Å². The van der Waals surface area contributed by atoms with Crippen molar-refractivity contribution in [2.75, 3.05) is 34.2 Å². The fraction of sp³-hybridized carbons (Fsp3) is 0.391. The van der Waals surface area contributed by atoms with Crippen molar-refractivity contribution in [2.24, 2.45) is 4.99 Å². The largest absolute Gasteiger partial charge is 0.357 e. The maximum absolute atomic E-state index is 11.8. The molecule has 2 aromatic rings. The second-order valence-corrected chi connectivity index (χ2v) is 7.16. The van der Waals surface area contributed by atoms with E-state index in [1.165, 1.54) is 11.1 Å². The van der Waals surface area contributed by atoms with Gasteiger partial charge in [-0.1, -0.05) is 36.4 Å². The molecular weight excluding hydrogens is 489 g/mol. The monoisotopic (exact) mass is 523 g/mol. The summed E-state index contributed by atoms with van der Waals surface area (Å²) in [5.41, 5.74) is 4.33. The molecule has 0 bridgehead atoms. The Hall–Kier alpha value is -2.13. The summed E-state index contributed by atoms with van der Waals surface area (Å²) in [6.07, 6.45) is 0.812. The molecule has 0 aliphatic carbocycles. The summed E-state index contributed by atoms with van der Waals surface area (Å²) in [4.78, 5) is 18.7. The van der Waals surface area contributed by atoms with Gasteiger partial charge in [0.1, 0.15) is 0 Å². The summed E-state index contributed by atoms with van der Waals surface area (Å²) in [6, 6.07) is 16.1. The zero-order chi connectivity index (χ0) is 21.1. The highest BCUT2D eigenvalue weighted by Gasteiger charge is 2.05. The Bertz CT molecular complexity index is 823. The first-order valence-electron chi connectivity index (χ1n) is 10.1. The topological polar surface area (TPSA) is 68.8 Å². The Kier molecular flexibility index (Phi) is 12.1. The van der Waals surface area contributed by atoms with Crippen LogP contribution in [0.1, 0.15) is 34.0 Å². The summed E-state index contributed by atoms with van der Waals surface area (Å²) in [7, 11) is 5.79. The van der Waals surface area contributed by atoms with Gasteiger partial charge in [0.25, 0.3) is 5.91 Å². The third kappa shape index (κ3) is 8.71. The molecule has 1 amide bonds. The van der Waals surface area contributed by atoms with Crippen molar-refractivity contribution < 1.29 is 4.79 Å². The van der Waals surface area contributed by atoms with Crippen LogP contribution in [-0.4, -0.2) is 51.0 Å². The predicted octanol–water partition coefficient (Wildman–Crippen LogP) is 3.02. The molecule has 0 aliphatic heterocycles. The number of hydrogen-bond donors (Lipinski definition) is 3. The van der Waals surface area contributed by atoms with Gasteiger partial charge in [-0.2, -0.15) is 0 Å². The van der Waals surface area contributed by atoms with Gasteiger partial charge in [0.15, 0.2) is 5.96 Å².